The Bertz CT molecular complexity index is 1020. The van der Waals surface area contributed by atoms with Crippen molar-refractivity contribution < 1.29 is 29.0 Å². The predicted molar refractivity (Wildman–Crippen MR) is 130 cm³/mol. The zero-order valence-corrected chi connectivity index (χ0v) is 19.9. The maximum Gasteiger partial charge on any atom is 0.407 e. The lowest BCUT2D eigenvalue weighted by Crippen LogP contribution is -2.46. The molecule has 0 saturated heterocycles. The first-order valence-electron chi connectivity index (χ1n) is 12.1. The van der Waals surface area contributed by atoms with Crippen LogP contribution in [0.3, 0.4) is 0 Å². The largest absolute Gasteiger partial charge is 0.480 e. The summed E-state index contributed by atoms with van der Waals surface area (Å²) in [4.78, 5) is 36.4. The van der Waals surface area contributed by atoms with Gasteiger partial charge in [0.1, 0.15) is 12.6 Å². The van der Waals surface area contributed by atoms with Gasteiger partial charge in [-0.2, -0.15) is 0 Å². The van der Waals surface area contributed by atoms with Crippen molar-refractivity contribution in [2.75, 3.05) is 20.3 Å². The number of ether oxygens (including phenoxy) is 2. The lowest BCUT2D eigenvalue weighted by atomic mass is 9.85. The van der Waals surface area contributed by atoms with Crippen molar-refractivity contribution in [2.45, 2.75) is 50.1 Å². The molecule has 1 saturated carbocycles. The summed E-state index contributed by atoms with van der Waals surface area (Å²) in [6.45, 7) is 0.518. The molecule has 1 unspecified atom stereocenters. The number of alkyl carbamates (subject to hydrolysis) is 1. The van der Waals surface area contributed by atoms with E-state index in [4.69, 9.17) is 9.47 Å². The number of carboxylic acid groups (broad SMARTS) is 1. The van der Waals surface area contributed by atoms with Crippen LogP contribution in [0.4, 0.5) is 4.79 Å². The number of aliphatic carboxylic acids is 1. The van der Waals surface area contributed by atoms with E-state index in [2.05, 4.69) is 34.9 Å². The van der Waals surface area contributed by atoms with Gasteiger partial charge in [-0.25, -0.2) is 9.59 Å². The van der Waals surface area contributed by atoms with Crippen LogP contribution in [-0.4, -0.2) is 55.5 Å². The number of benzene rings is 2. The van der Waals surface area contributed by atoms with Crippen molar-refractivity contribution in [1.29, 1.82) is 0 Å². The van der Waals surface area contributed by atoms with Crippen molar-refractivity contribution in [3.8, 4) is 11.1 Å². The lowest BCUT2D eigenvalue weighted by Gasteiger charge is -2.29. The minimum absolute atomic E-state index is 0.00729. The SMILES string of the molecule is COCCC(NC(=O)C1CCC(NC(=O)OCC2c3ccccc3-c3ccccc32)CC1)C(=O)O. The van der Waals surface area contributed by atoms with Crippen molar-refractivity contribution in [2.24, 2.45) is 5.92 Å². The minimum Gasteiger partial charge on any atom is -0.480 e. The molecule has 1 atom stereocenters. The summed E-state index contributed by atoms with van der Waals surface area (Å²) < 4.78 is 10.5. The standard InChI is InChI=1S/C27H32N2O6/c1-34-15-14-24(26(31)32)29-25(30)17-10-12-18(13-11-17)28-27(33)35-16-23-21-8-4-2-6-19(21)20-7-3-5-9-22(20)23/h2-9,17-18,23-24H,10-16H2,1H3,(H,28,33)(H,29,30)(H,31,32). The molecule has 0 bridgehead atoms. The number of fused-ring (bicyclic) bond motifs is 3. The van der Waals surface area contributed by atoms with Gasteiger partial charge in [-0.05, 0) is 47.9 Å². The van der Waals surface area contributed by atoms with Crippen LogP contribution in [0, 0.1) is 5.92 Å². The highest BCUT2D eigenvalue weighted by molar-refractivity contribution is 5.85. The molecule has 1 fully saturated rings. The molecule has 35 heavy (non-hydrogen) atoms. The highest BCUT2D eigenvalue weighted by Crippen LogP contribution is 2.44. The van der Waals surface area contributed by atoms with Crippen molar-refractivity contribution in [1.82, 2.24) is 10.6 Å². The number of carbonyl (C=O) groups excluding carboxylic acids is 2. The van der Waals surface area contributed by atoms with E-state index in [9.17, 15) is 19.5 Å². The summed E-state index contributed by atoms with van der Waals surface area (Å²) in [7, 11) is 1.49. The van der Waals surface area contributed by atoms with Crippen LogP contribution in [-0.2, 0) is 19.1 Å². The number of rotatable bonds is 9. The predicted octanol–water partition coefficient (Wildman–Crippen LogP) is 3.69. The number of carboxylic acids is 1. The Morgan fingerprint density at radius 3 is 2.14 bits per heavy atom. The Morgan fingerprint density at radius 2 is 1.57 bits per heavy atom. The molecule has 0 spiro atoms. The van der Waals surface area contributed by atoms with Gasteiger partial charge in [0.15, 0.2) is 0 Å². The number of hydrogen-bond acceptors (Lipinski definition) is 5. The molecule has 2 aliphatic carbocycles. The first-order valence-corrected chi connectivity index (χ1v) is 12.1. The molecule has 0 aliphatic heterocycles. The average molecular weight is 481 g/mol. The summed E-state index contributed by atoms with van der Waals surface area (Å²) in [6.07, 6.45) is 2.20. The molecule has 8 heteroatoms. The topological polar surface area (TPSA) is 114 Å². The monoisotopic (exact) mass is 480 g/mol. The molecular formula is C27H32N2O6. The van der Waals surface area contributed by atoms with E-state index in [-0.39, 0.29) is 43.4 Å². The number of methoxy groups -OCH3 is 1. The number of hydrogen-bond donors (Lipinski definition) is 3. The smallest absolute Gasteiger partial charge is 0.407 e. The van der Waals surface area contributed by atoms with Gasteiger partial charge in [-0.1, -0.05) is 48.5 Å². The van der Waals surface area contributed by atoms with Crippen LogP contribution < -0.4 is 10.6 Å². The van der Waals surface area contributed by atoms with E-state index in [0.29, 0.717) is 25.7 Å². The number of carbonyl (C=O) groups is 3. The fourth-order valence-corrected chi connectivity index (χ4v) is 5.09. The van der Waals surface area contributed by atoms with Crippen molar-refractivity contribution >= 4 is 18.0 Å². The Balaban J connectivity index is 1.24. The van der Waals surface area contributed by atoms with Crippen LogP contribution in [0.1, 0.15) is 49.1 Å². The van der Waals surface area contributed by atoms with Gasteiger partial charge in [0.2, 0.25) is 5.91 Å². The minimum atomic E-state index is -1.07. The van der Waals surface area contributed by atoms with Crippen molar-refractivity contribution in [3.05, 3.63) is 59.7 Å². The summed E-state index contributed by atoms with van der Waals surface area (Å²) in [5, 5.41) is 14.8. The zero-order valence-electron chi connectivity index (χ0n) is 19.9. The molecule has 2 amide bonds. The number of nitrogens with one attached hydrogen (secondary N) is 2. The van der Waals surface area contributed by atoms with Gasteiger partial charge in [0.25, 0.3) is 0 Å². The Kier molecular flexibility index (Phi) is 8.02. The fourth-order valence-electron chi connectivity index (χ4n) is 5.09. The summed E-state index contributed by atoms with van der Waals surface area (Å²) in [6, 6.07) is 15.4. The van der Waals surface area contributed by atoms with E-state index in [1.807, 2.05) is 24.3 Å². The normalized spacial score (nSPS) is 19.8. The van der Waals surface area contributed by atoms with Gasteiger partial charge in [-0.15, -0.1) is 0 Å². The zero-order chi connectivity index (χ0) is 24.8. The summed E-state index contributed by atoms with van der Waals surface area (Å²) in [5.74, 6) is -1.58. The second-order valence-electron chi connectivity index (χ2n) is 9.20. The van der Waals surface area contributed by atoms with Crippen LogP contribution in [0.25, 0.3) is 11.1 Å². The van der Waals surface area contributed by atoms with E-state index in [0.717, 1.165) is 11.1 Å². The van der Waals surface area contributed by atoms with E-state index in [1.54, 1.807) is 0 Å². The van der Waals surface area contributed by atoms with Gasteiger partial charge >= 0.3 is 12.1 Å². The molecule has 2 aromatic carbocycles. The molecule has 186 valence electrons. The molecule has 2 aromatic rings. The molecule has 4 rings (SSSR count). The maximum absolute atomic E-state index is 12.5. The van der Waals surface area contributed by atoms with Crippen LogP contribution in [0.5, 0.6) is 0 Å². The molecule has 8 nitrogen and oxygen atoms in total. The third-order valence-electron chi connectivity index (χ3n) is 6.99. The summed E-state index contributed by atoms with van der Waals surface area (Å²) >= 11 is 0. The number of amides is 2. The molecule has 0 aromatic heterocycles. The molecule has 0 radical (unpaired) electrons. The third kappa shape index (κ3) is 5.82. The second kappa shape index (κ2) is 11.4. The first kappa shape index (κ1) is 24.7. The highest BCUT2D eigenvalue weighted by Gasteiger charge is 2.31. The van der Waals surface area contributed by atoms with Crippen LogP contribution in [0.15, 0.2) is 48.5 Å². The van der Waals surface area contributed by atoms with E-state index in [1.165, 1.54) is 18.2 Å². The first-order chi connectivity index (χ1) is 17.0. The molecule has 0 heterocycles. The van der Waals surface area contributed by atoms with Crippen molar-refractivity contribution in [3.63, 3.8) is 0 Å². The molecule has 2 aliphatic rings. The van der Waals surface area contributed by atoms with Crippen LogP contribution in [0.2, 0.25) is 0 Å². The molecule has 3 N–H and O–H groups in total. The highest BCUT2D eigenvalue weighted by atomic mass is 16.5. The van der Waals surface area contributed by atoms with E-state index >= 15 is 0 Å². The Hall–Kier alpha value is -3.39. The third-order valence-corrected chi connectivity index (χ3v) is 6.99. The fraction of sp³-hybridized carbons (Fsp3) is 0.444. The summed E-state index contributed by atoms with van der Waals surface area (Å²) in [5.41, 5.74) is 4.69. The van der Waals surface area contributed by atoms with Crippen LogP contribution >= 0.6 is 0 Å². The Morgan fingerprint density at radius 1 is 0.971 bits per heavy atom. The van der Waals surface area contributed by atoms with E-state index < -0.39 is 18.1 Å². The van der Waals surface area contributed by atoms with Gasteiger partial charge < -0.3 is 25.2 Å². The Labute approximate surface area is 205 Å². The maximum atomic E-state index is 12.5. The second-order valence-corrected chi connectivity index (χ2v) is 9.20. The average Bonchev–Trinajstić information content (AvgIpc) is 3.19. The molecular weight excluding hydrogens is 448 g/mol. The van der Waals surface area contributed by atoms with Gasteiger partial charge in [-0.3, -0.25) is 4.79 Å². The van der Waals surface area contributed by atoms with Gasteiger partial charge in [0.05, 0.1) is 0 Å². The van der Waals surface area contributed by atoms with Gasteiger partial charge in [0, 0.05) is 38.0 Å². The quantitative estimate of drug-likeness (QED) is 0.504. The lowest BCUT2D eigenvalue weighted by molar-refractivity contribution is -0.143.